The third kappa shape index (κ3) is 4.33. The molecule has 0 aliphatic carbocycles. The Bertz CT molecular complexity index is 484. The largest absolute Gasteiger partial charge is 0.351 e. The number of carbonyl (C=O) groups excluding carboxylic acids is 2. The van der Waals surface area contributed by atoms with E-state index in [-0.39, 0.29) is 26.4 Å². The highest BCUT2D eigenvalue weighted by Gasteiger charge is 2.46. The Hall–Kier alpha value is -0.320. The van der Waals surface area contributed by atoms with Crippen LogP contribution in [-0.2, 0) is 41.7 Å². The van der Waals surface area contributed by atoms with Crippen molar-refractivity contribution in [3.8, 4) is 0 Å². The Labute approximate surface area is 130 Å². The second-order valence-corrected chi connectivity index (χ2v) is 10.9. The fraction of sp³-hybridized carbons (Fsp3) is 0.714. The predicted octanol–water partition coefficient (Wildman–Crippen LogP) is -0.148. The van der Waals surface area contributed by atoms with Crippen LogP contribution in [0.2, 0.25) is 0 Å². The molecule has 0 bridgehead atoms. The summed E-state index contributed by atoms with van der Waals surface area (Å²) in [7, 11) is 0. The van der Waals surface area contributed by atoms with E-state index >= 15 is 0 Å². The summed E-state index contributed by atoms with van der Waals surface area (Å²) in [5, 5.41) is 4.55. The van der Waals surface area contributed by atoms with Crippen LogP contribution in [-0.4, -0.2) is 38.5 Å². The number of primary amides is 2. The zero-order chi connectivity index (χ0) is 15.7. The summed E-state index contributed by atoms with van der Waals surface area (Å²) < 4.78 is 21.7. The summed E-state index contributed by atoms with van der Waals surface area (Å²) in [6, 6.07) is -1.63. The molecule has 10 nitrogen and oxygen atoms in total. The van der Waals surface area contributed by atoms with E-state index in [0.29, 0.717) is 0 Å². The molecule has 6 N–H and O–H groups in total. The van der Waals surface area contributed by atoms with Crippen LogP contribution in [0.5, 0.6) is 0 Å². The number of rotatable bonds is 2. The normalized spacial score (nSPS) is 39.6. The first-order chi connectivity index (χ1) is 9.66. The molecule has 4 amide bonds. The van der Waals surface area contributed by atoms with E-state index in [1.54, 1.807) is 0 Å². The van der Waals surface area contributed by atoms with Gasteiger partial charge in [-0.2, -0.15) is 0 Å². The summed E-state index contributed by atoms with van der Waals surface area (Å²) in [6.07, 6.45) is 0. The minimum Gasteiger partial charge on any atom is -0.351 e. The maximum atomic E-state index is 10.8. The first kappa shape index (κ1) is 17.0. The topological polar surface area (TPSA) is 147 Å². The van der Waals surface area contributed by atoms with Gasteiger partial charge >= 0.3 is 12.1 Å². The van der Waals surface area contributed by atoms with Gasteiger partial charge in [0, 0.05) is 0 Å². The molecule has 0 aromatic heterocycles. The summed E-state index contributed by atoms with van der Waals surface area (Å²) in [6.45, 7) is -5.26. The maximum Gasteiger partial charge on any atom is 0.319 e. The number of nitrogens with one attached hydrogen (secondary N) is 2. The molecule has 0 radical (unpaired) electrons. The number of amides is 4. The fourth-order valence-electron chi connectivity index (χ4n) is 1.61. The van der Waals surface area contributed by atoms with Gasteiger partial charge in [-0.05, 0) is 23.6 Å². The van der Waals surface area contributed by atoms with Gasteiger partial charge in [-0.25, -0.2) is 9.59 Å². The molecule has 2 heterocycles. The molecule has 120 valence electrons. The van der Waals surface area contributed by atoms with Gasteiger partial charge in [0.15, 0.2) is 0 Å². The van der Waals surface area contributed by atoms with E-state index in [2.05, 4.69) is 10.2 Å². The Kier molecular flexibility index (Phi) is 4.91. The Morgan fingerprint density at radius 3 is 1.38 bits per heavy atom. The van der Waals surface area contributed by atoms with E-state index in [0.717, 1.165) is 0 Å². The molecular formula is C7H14N4O6P2S2. The van der Waals surface area contributed by atoms with Crippen molar-refractivity contribution < 1.29 is 27.7 Å². The van der Waals surface area contributed by atoms with Crippen molar-refractivity contribution >= 4 is 49.0 Å². The van der Waals surface area contributed by atoms with Crippen molar-refractivity contribution in [1.29, 1.82) is 0 Å². The van der Waals surface area contributed by atoms with Crippen molar-refractivity contribution in [3.05, 3.63) is 0 Å². The molecular weight excluding hydrogens is 362 g/mol. The maximum absolute atomic E-state index is 10.8. The highest BCUT2D eigenvalue weighted by molar-refractivity contribution is 8.09. The van der Waals surface area contributed by atoms with Crippen molar-refractivity contribution in [2.75, 3.05) is 26.4 Å². The molecule has 2 aliphatic heterocycles. The van der Waals surface area contributed by atoms with E-state index in [9.17, 15) is 9.59 Å². The van der Waals surface area contributed by atoms with Gasteiger partial charge in [-0.3, -0.25) is 10.2 Å². The van der Waals surface area contributed by atoms with Gasteiger partial charge in [0.05, 0.1) is 31.8 Å². The fourth-order valence-corrected chi connectivity index (χ4v) is 5.51. The predicted molar refractivity (Wildman–Crippen MR) is 80.2 cm³/mol. The quantitative estimate of drug-likeness (QED) is 0.487. The number of urea groups is 2. The SMILES string of the molecule is NC(=O)NP1(=S)OCC2(CO1)COP(=S)(NC(N)=O)OC2. The molecule has 2 aliphatic rings. The van der Waals surface area contributed by atoms with E-state index in [4.69, 9.17) is 53.2 Å². The Balaban J connectivity index is 1.94. The smallest absolute Gasteiger partial charge is 0.319 e. The lowest BCUT2D eigenvalue weighted by molar-refractivity contribution is -0.0562. The summed E-state index contributed by atoms with van der Waals surface area (Å²) in [5.41, 5.74) is 9.39. The van der Waals surface area contributed by atoms with Gasteiger partial charge in [0.25, 0.3) is 13.3 Å². The Morgan fingerprint density at radius 2 is 1.14 bits per heavy atom. The first-order valence-corrected chi connectivity index (χ1v) is 10.9. The Morgan fingerprint density at radius 1 is 0.857 bits per heavy atom. The lowest BCUT2D eigenvalue weighted by Gasteiger charge is -2.44. The van der Waals surface area contributed by atoms with Crippen LogP contribution in [0.15, 0.2) is 0 Å². The van der Waals surface area contributed by atoms with Crippen LogP contribution >= 0.6 is 13.3 Å². The molecule has 21 heavy (non-hydrogen) atoms. The molecule has 0 atom stereocenters. The zero-order valence-corrected chi connectivity index (χ0v) is 14.1. The third-order valence-electron chi connectivity index (χ3n) is 2.66. The molecule has 2 fully saturated rings. The highest BCUT2D eigenvalue weighted by atomic mass is 32.5. The van der Waals surface area contributed by atoms with E-state index < -0.39 is 30.8 Å². The molecule has 2 rings (SSSR count). The highest BCUT2D eigenvalue weighted by Crippen LogP contribution is 2.56. The van der Waals surface area contributed by atoms with Gasteiger partial charge in [-0.15, -0.1) is 0 Å². The van der Waals surface area contributed by atoms with Crippen LogP contribution in [0, 0.1) is 5.41 Å². The second-order valence-electron chi connectivity index (χ2n) is 4.54. The van der Waals surface area contributed by atoms with Crippen LogP contribution in [0.3, 0.4) is 0 Å². The van der Waals surface area contributed by atoms with Crippen molar-refractivity contribution in [2.45, 2.75) is 0 Å². The van der Waals surface area contributed by atoms with Gasteiger partial charge in [0.1, 0.15) is 0 Å². The molecule has 2 saturated heterocycles. The van der Waals surface area contributed by atoms with Crippen LogP contribution in [0.25, 0.3) is 0 Å². The number of hydrogen-bond donors (Lipinski definition) is 4. The number of carbonyl (C=O) groups is 2. The van der Waals surface area contributed by atoms with Crippen LogP contribution < -0.4 is 21.6 Å². The lowest BCUT2D eigenvalue weighted by atomic mass is 9.93. The van der Waals surface area contributed by atoms with E-state index in [1.165, 1.54) is 0 Å². The lowest BCUT2D eigenvalue weighted by Crippen LogP contribution is -2.48. The number of hydrogen-bond acceptors (Lipinski definition) is 8. The van der Waals surface area contributed by atoms with Crippen LogP contribution in [0.4, 0.5) is 9.59 Å². The molecule has 0 unspecified atom stereocenters. The van der Waals surface area contributed by atoms with E-state index in [1.807, 2.05) is 0 Å². The van der Waals surface area contributed by atoms with Crippen molar-refractivity contribution in [1.82, 2.24) is 10.2 Å². The minimum absolute atomic E-state index is 0.149. The molecule has 0 aromatic rings. The molecule has 0 saturated carbocycles. The first-order valence-electron chi connectivity index (χ1n) is 5.60. The zero-order valence-electron chi connectivity index (χ0n) is 10.6. The number of nitrogens with two attached hydrogens (primary N) is 2. The molecule has 1 spiro atoms. The standard InChI is InChI=1S/C7H14N4O6P2S2/c8-5(12)10-18(20)14-1-7(2-15-18)3-16-19(21,17-4-7)11-6(9)13/h1-4H2,(H3,8,10,12,20)(H3,9,11,13,21). The van der Waals surface area contributed by atoms with Gasteiger partial charge < -0.3 is 29.6 Å². The molecule has 14 heteroatoms. The summed E-state index contributed by atoms with van der Waals surface area (Å²) in [4.78, 5) is 21.7. The third-order valence-corrected chi connectivity index (χ3v) is 7.33. The van der Waals surface area contributed by atoms with Crippen LogP contribution in [0.1, 0.15) is 0 Å². The second kappa shape index (κ2) is 6.05. The summed E-state index contributed by atoms with van der Waals surface area (Å²) >= 11 is 10.1. The minimum atomic E-state index is -2.93. The monoisotopic (exact) mass is 376 g/mol. The van der Waals surface area contributed by atoms with Gasteiger partial charge in [0.2, 0.25) is 0 Å². The van der Waals surface area contributed by atoms with Crippen molar-refractivity contribution in [2.24, 2.45) is 16.9 Å². The average molecular weight is 376 g/mol. The average Bonchev–Trinajstić information content (AvgIpc) is 2.35. The molecule has 0 aromatic carbocycles. The summed E-state index contributed by atoms with van der Waals surface area (Å²) in [5.74, 6) is 0. The van der Waals surface area contributed by atoms with Gasteiger partial charge in [-0.1, -0.05) is 0 Å². The van der Waals surface area contributed by atoms with Crippen molar-refractivity contribution in [3.63, 3.8) is 0 Å².